The van der Waals surface area contributed by atoms with Gasteiger partial charge in [0.05, 0.1) is 5.56 Å². The minimum absolute atomic E-state index is 0.0956. The van der Waals surface area contributed by atoms with Crippen LogP contribution in [0.3, 0.4) is 0 Å². The highest BCUT2D eigenvalue weighted by Crippen LogP contribution is 2.18. The number of ketones is 1. The van der Waals surface area contributed by atoms with Crippen LogP contribution in [-0.2, 0) is 6.42 Å². The van der Waals surface area contributed by atoms with E-state index < -0.39 is 5.97 Å². The minimum atomic E-state index is -1.06. The number of carbonyl (C=O) groups excluding carboxylic acids is 1. The zero-order chi connectivity index (χ0) is 14.7. The van der Waals surface area contributed by atoms with Gasteiger partial charge in [-0.1, -0.05) is 18.2 Å². The van der Waals surface area contributed by atoms with E-state index in [1.54, 1.807) is 24.3 Å². The van der Waals surface area contributed by atoms with Gasteiger partial charge in [0.1, 0.15) is 5.75 Å². The minimum Gasteiger partial charge on any atom is -0.508 e. The molecule has 20 heavy (non-hydrogen) atoms. The van der Waals surface area contributed by atoms with Gasteiger partial charge >= 0.3 is 5.97 Å². The number of benzene rings is 2. The molecule has 0 aliphatic heterocycles. The van der Waals surface area contributed by atoms with Crippen LogP contribution >= 0.6 is 0 Å². The van der Waals surface area contributed by atoms with Crippen LogP contribution in [0.4, 0.5) is 0 Å². The van der Waals surface area contributed by atoms with E-state index in [1.165, 1.54) is 18.2 Å². The fourth-order valence-electron chi connectivity index (χ4n) is 1.98. The predicted octanol–water partition coefficient (Wildman–Crippen LogP) is 2.82. The van der Waals surface area contributed by atoms with E-state index in [0.717, 1.165) is 11.1 Å². The van der Waals surface area contributed by atoms with Crippen molar-refractivity contribution in [3.05, 3.63) is 64.7 Å². The molecule has 0 spiro atoms. The Balaban J connectivity index is 2.24. The number of aromatic carboxylic acids is 1. The van der Waals surface area contributed by atoms with Gasteiger partial charge in [0.15, 0.2) is 5.78 Å². The molecule has 0 unspecified atom stereocenters. The summed E-state index contributed by atoms with van der Waals surface area (Å²) in [6.07, 6.45) is 0.176. The van der Waals surface area contributed by atoms with Crippen LogP contribution in [0.2, 0.25) is 0 Å². The highest BCUT2D eigenvalue weighted by molar-refractivity contribution is 6.00. The van der Waals surface area contributed by atoms with Crippen molar-refractivity contribution in [2.75, 3.05) is 0 Å². The lowest BCUT2D eigenvalue weighted by Crippen LogP contribution is -2.06. The maximum absolute atomic E-state index is 12.2. The molecule has 0 bridgehead atoms. The van der Waals surface area contributed by atoms with Crippen molar-refractivity contribution in [2.45, 2.75) is 13.3 Å². The van der Waals surface area contributed by atoms with Crippen LogP contribution in [0, 0.1) is 6.92 Å². The van der Waals surface area contributed by atoms with Crippen molar-refractivity contribution in [2.24, 2.45) is 0 Å². The maximum atomic E-state index is 12.2. The van der Waals surface area contributed by atoms with Crippen LogP contribution in [0.15, 0.2) is 42.5 Å². The summed E-state index contributed by atoms with van der Waals surface area (Å²) in [5.41, 5.74) is 2.11. The summed E-state index contributed by atoms with van der Waals surface area (Å²) in [6.45, 7) is 1.82. The molecule has 0 fully saturated rings. The molecule has 102 valence electrons. The van der Waals surface area contributed by atoms with E-state index in [-0.39, 0.29) is 23.5 Å². The van der Waals surface area contributed by atoms with Gasteiger partial charge in [-0.2, -0.15) is 0 Å². The fourth-order valence-corrected chi connectivity index (χ4v) is 1.98. The highest BCUT2D eigenvalue weighted by atomic mass is 16.4. The van der Waals surface area contributed by atoms with Gasteiger partial charge in [-0.15, -0.1) is 0 Å². The first kappa shape index (κ1) is 13.8. The molecule has 4 heteroatoms. The molecule has 0 radical (unpaired) electrons. The number of phenols is 1. The number of rotatable bonds is 4. The summed E-state index contributed by atoms with van der Waals surface area (Å²) in [4.78, 5) is 23.1. The average molecular weight is 270 g/mol. The topological polar surface area (TPSA) is 74.6 Å². The normalized spacial score (nSPS) is 10.2. The Hall–Kier alpha value is -2.62. The van der Waals surface area contributed by atoms with Crippen molar-refractivity contribution in [3.8, 4) is 5.75 Å². The zero-order valence-electron chi connectivity index (χ0n) is 11.0. The van der Waals surface area contributed by atoms with E-state index >= 15 is 0 Å². The van der Waals surface area contributed by atoms with E-state index in [0.29, 0.717) is 5.56 Å². The maximum Gasteiger partial charge on any atom is 0.335 e. The second kappa shape index (κ2) is 5.57. The molecule has 0 aromatic heterocycles. The third-order valence-electron chi connectivity index (χ3n) is 3.11. The number of hydrogen-bond donors (Lipinski definition) is 2. The van der Waals surface area contributed by atoms with Crippen molar-refractivity contribution in [1.82, 2.24) is 0 Å². The number of aryl methyl sites for hydroxylation is 1. The molecule has 0 aliphatic carbocycles. The number of carbonyl (C=O) groups is 2. The lowest BCUT2D eigenvalue weighted by molar-refractivity contribution is 0.0697. The van der Waals surface area contributed by atoms with E-state index in [2.05, 4.69) is 0 Å². The number of carboxylic acids is 1. The first-order valence-corrected chi connectivity index (χ1v) is 6.12. The van der Waals surface area contributed by atoms with Gasteiger partial charge in [-0.05, 0) is 42.3 Å². The molecule has 0 atom stereocenters. The molecule has 2 rings (SSSR count). The van der Waals surface area contributed by atoms with Crippen molar-refractivity contribution >= 4 is 11.8 Å². The quantitative estimate of drug-likeness (QED) is 0.838. The Morgan fingerprint density at radius 2 is 1.75 bits per heavy atom. The smallest absolute Gasteiger partial charge is 0.335 e. The lowest BCUT2D eigenvalue weighted by atomic mass is 9.98. The van der Waals surface area contributed by atoms with Crippen molar-refractivity contribution in [3.63, 3.8) is 0 Å². The molecule has 4 nitrogen and oxygen atoms in total. The summed E-state index contributed by atoms with van der Waals surface area (Å²) in [5.74, 6) is -1.05. The number of aromatic hydroxyl groups is 1. The largest absolute Gasteiger partial charge is 0.508 e. The van der Waals surface area contributed by atoms with E-state index in [9.17, 15) is 14.7 Å². The average Bonchev–Trinajstić information content (AvgIpc) is 2.42. The summed E-state index contributed by atoms with van der Waals surface area (Å²) in [7, 11) is 0. The molecule has 2 aromatic carbocycles. The molecule has 0 amide bonds. The Kier molecular flexibility index (Phi) is 3.84. The van der Waals surface area contributed by atoms with Crippen LogP contribution < -0.4 is 0 Å². The molecular weight excluding hydrogens is 256 g/mol. The lowest BCUT2D eigenvalue weighted by Gasteiger charge is -2.06. The van der Waals surface area contributed by atoms with Crippen LogP contribution in [0.25, 0.3) is 0 Å². The van der Waals surface area contributed by atoms with Gasteiger partial charge in [-0.25, -0.2) is 4.79 Å². The first-order chi connectivity index (χ1) is 9.47. The predicted molar refractivity (Wildman–Crippen MR) is 74.3 cm³/mol. The summed E-state index contributed by atoms with van der Waals surface area (Å²) in [5, 5.41) is 18.3. The number of hydrogen-bond acceptors (Lipinski definition) is 3. The summed E-state index contributed by atoms with van der Waals surface area (Å²) >= 11 is 0. The first-order valence-electron chi connectivity index (χ1n) is 6.12. The molecule has 2 N–H and O–H groups in total. The molecule has 0 heterocycles. The molecular formula is C16H14O4. The van der Waals surface area contributed by atoms with Crippen LogP contribution in [0.1, 0.15) is 31.8 Å². The third-order valence-corrected chi connectivity index (χ3v) is 3.11. The van der Waals surface area contributed by atoms with E-state index in [4.69, 9.17) is 5.11 Å². The monoisotopic (exact) mass is 270 g/mol. The fraction of sp³-hybridized carbons (Fsp3) is 0.125. The number of Topliss-reactive ketones (excluding diaryl/α,β-unsaturated/α-hetero) is 1. The zero-order valence-corrected chi connectivity index (χ0v) is 11.0. The molecule has 0 saturated heterocycles. The van der Waals surface area contributed by atoms with Gasteiger partial charge in [-0.3, -0.25) is 4.79 Å². The molecule has 2 aromatic rings. The van der Waals surface area contributed by atoms with Crippen LogP contribution in [-0.4, -0.2) is 22.0 Å². The Morgan fingerprint density at radius 1 is 1.05 bits per heavy atom. The summed E-state index contributed by atoms with van der Waals surface area (Å²) in [6, 6.07) is 10.8. The van der Waals surface area contributed by atoms with Gasteiger partial charge in [0.25, 0.3) is 0 Å². The van der Waals surface area contributed by atoms with Crippen LogP contribution in [0.5, 0.6) is 5.75 Å². The number of phenolic OH excluding ortho intramolecular Hbond substituents is 1. The molecule has 0 saturated carbocycles. The van der Waals surface area contributed by atoms with E-state index in [1.807, 2.05) is 6.92 Å². The Labute approximate surface area is 116 Å². The second-order valence-electron chi connectivity index (χ2n) is 4.60. The highest BCUT2D eigenvalue weighted by Gasteiger charge is 2.11. The summed E-state index contributed by atoms with van der Waals surface area (Å²) < 4.78 is 0. The molecule has 0 aliphatic rings. The van der Waals surface area contributed by atoms with Gasteiger partial charge < -0.3 is 10.2 Å². The third kappa shape index (κ3) is 3.03. The Bertz CT molecular complexity index is 674. The standard InChI is InChI=1S/C16H14O4/c1-10-7-14(17)6-5-11(10)9-15(18)12-3-2-4-13(8-12)16(19)20/h2-8,17H,9H2,1H3,(H,19,20). The number of carboxylic acid groups (broad SMARTS) is 1. The Morgan fingerprint density at radius 3 is 2.40 bits per heavy atom. The van der Waals surface area contributed by atoms with Crippen molar-refractivity contribution < 1.29 is 19.8 Å². The van der Waals surface area contributed by atoms with Gasteiger partial charge in [0, 0.05) is 12.0 Å². The van der Waals surface area contributed by atoms with Crippen molar-refractivity contribution in [1.29, 1.82) is 0 Å². The second-order valence-corrected chi connectivity index (χ2v) is 4.60. The van der Waals surface area contributed by atoms with Gasteiger partial charge in [0.2, 0.25) is 0 Å². The SMILES string of the molecule is Cc1cc(O)ccc1CC(=O)c1cccc(C(=O)O)c1.